The van der Waals surface area contributed by atoms with Gasteiger partial charge in [-0.1, -0.05) is 12.2 Å². The Bertz CT molecular complexity index is 471. The Balaban J connectivity index is 1.76. The Labute approximate surface area is 131 Å². The van der Waals surface area contributed by atoms with Crippen LogP contribution in [0.4, 0.5) is 0 Å². The van der Waals surface area contributed by atoms with Gasteiger partial charge in [-0.3, -0.25) is 9.69 Å². The van der Waals surface area contributed by atoms with Gasteiger partial charge in [0, 0.05) is 39.0 Å². The van der Waals surface area contributed by atoms with E-state index >= 15 is 0 Å². The summed E-state index contributed by atoms with van der Waals surface area (Å²) in [4.78, 5) is 16.6. The number of nitrogens with two attached hydrogens (primary N) is 1. The molecule has 0 spiro atoms. The van der Waals surface area contributed by atoms with E-state index in [4.69, 9.17) is 22.4 Å². The molecule has 21 heavy (non-hydrogen) atoms. The second kappa shape index (κ2) is 7.56. The van der Waals surface area contributed by atoms with Gasteiger partial charge in [0.15, 0.2) is 0 Å². The fourth-order valence-corrected chi connectivity index (χ4v) is 2.36. The summed E-state index contributed by atoms with van der Waals surface area (Å²) in [6.07, 6.45) is 5.22. The minimum absolute atomic E-state index is 0.136. The van der Waals surface area contributed by atoms with Gasteiger partial charge < -0.3 is 15.1 Å². The monoisotopic (exact) mass is 309 g/mol. The number of rotatable bonds is 9. The summed E-state index contributed by atoms with van der Waals surface area (Å²) in [6.45, 7) is 2.14. The third-order valence-corrected chi connectivity index (χ3v) is 3.94. The molecule has 2 rings (SSSR count). The van der Waals surface area contributed by atoms with Crippen LogP contribution in [0.1, 0.15) is 31.4 Å². The van der Waals surface area contributed by atoms with Crippen LogP contribution < -0.4 is 5.73 Å². The predicted molar refractivity (Wildman–Crippen MR) is 85.8 cm³/mol. The van der Waals surface area contributed by atoms with Gasteiger partial charge in [-0.25, -0.2) is 0 Å². The van der Waals surface area contributed by atoms with Crippen molar-refractivity contribution in [2.75, 3.05) is 20.1 Å². The standard InChI is InChI=1S/C15H23N3O2S/c1-17(8-6-14(16)21)15(19)7-9-18(12-4-5-12)11-13-3-2-10-20-13/h2-3,10,12H,4-9,11H2,1H3,(H2,16,21). The van der Waals surface area contributed by atoms with Crippen molar-refractivity contribution in [3.63, 3.8) is 0 Å². The Morgan fingerprint density at radius 3 is 2.76 bits per heavy atom. The Hall–Kier alpha value is -1.40. The second-order valence-electron chi connectivity index (χ2n) is 5.56. The third-order valence-electron chi connectivity index (χ3n) is 3.73. The van der Waals surface area contributed by atoms with E-state index in [0.29, 0.717) is 30.4 Å². The molecular weight excluding hydrogens is 286 g/mol. The number of hydrogen-bond donors (Lipinski definition) is 1. The molecule has 0 atom stereocenters. The van der Waals surface area contributed by atoms with Crippen LogP contribution in [0.3, 0.4) is 0 Å². The molecule has 0 aromatic carbocycles. The van der Waals surface area contributed by atoms with E-state index in [0.717, 1.165) is 18.8 Å². The number of thiocarbonyl (C=S) groups is 1. The summed E-state index contributed by atoms with van der Waals surface area (Å²) in [6, 6.07) is 4.48. The summed E-state index contributed by atoms with van der Waals surface area (Å²) in [7, 11) is 1.80. The minimum Gasteiger partial charge on any atom is -0.468 e. The van der Waals surface area contributed by atoms with Gasteiger partial charge in [-0.15, -0.1) is 0 Å². The van der Waals surface area contributed by atoms with Gasteiger partial charge in [0.2, 0.25) is 5.91 Å². The first-order chi connectivity index (χ1) is 10.1. The molecule has 1 aliphatic rings. The molecule has 5 nitrogen and oxygen atoms in total. The maximum Gasteiger partial charge on any atom is 0.223 e. The van der Waals surface area contributed by atoms with E-state index in [1.807, 2.05) is 12.1 Å². The lowest BCUT2D eigenvalue weighted by Crippen LogP contribution is -2.34. The zero-order valence-corrected chi connectivity index (χ0v) is 13.3. The van der Waals surface area contributed by atoms with E-state index in [1.54, 1.807) is 18.2 Å². The number of carbonyl (C=O) groups is 1. The molecule has 1 fully saturated rings. The normalized spacial score (nSPS) is 14.4. The maximum atomic E-state index is 12.1. The predicted octanol–water partition coefficient (Wildman–Crippen LogP) is 1.77. The lowest BCUT2D eigenvalue weighted by molar-refractivity contribution is -0.130. The summed E-state index contributed by atoms with van der Waals surface area (Å²) in [5, 5.41) is 0. The first kappa shape index (κ1) is 16.0. The smallest absolute Gasteiger partial charge is 0.223 e. The molecule has 1 heterocycles. The van der Waals surface area contributed by atoms with Crippen molar-refractivity contribution in [2.45, 2.75) is 38.3 Å². The SMILES string of the molecule is CN(CCC(N)=S)C(=O)CCN(Cc1ccco1)C1CC1. The van der Waals surface area contributed by atoms with Crippen molar-refractivity contribution in [2.24, 2.45) is 5.73 Å². The van der Waals surface area contributed by atoms with Crippen LogP contribution in [0.25, 0.3) is 0 Å². The number of carbonyl (C=O) groups excluding carboxylic acids is 1. The lowest BCUT2D eigenvalue weighted by Gasteiger charge is -2.22. The highest BCUT2D eigenvalue weighted by atomic mass is 32.1. The molecular formula is C15H23N3O2S. The molecule has 1 saturated carbocycles. The Morgan fingerprint density at radius 1 is 1.43 bits per heavy atom. The molecule has 1 aliphatic carbocycles. The van der Waals surface area contributed by atoms with E-state index < -0.39 is 0 Å². The number of amides is 1. The van der Waals surface area contributed by atoms with Crippen LogP contribution in [0.5, 0.6) is 0 Å². The van der Waals surface area contributed by atoms with Crippen LogP contribution in [-0.4, -0.2) is 46.9 Å². The molecule has 0 saturated heterocycles. The number of furan rings is 1. The summed E-state index contributed by atoms with van der Waals surface area (Å²) in [5.74, 6) is 1.09. The molecule has 0 bridgehead atoms. The van der Waals surface area contributed by atoms with Crippen LogP contribution in [0.2, 0.25) is 0 Å². The van der Waals surface area contributed by atoms with Crippen molar-refractivity contribution < 1.29 is 9.21 Å². The van der Waals surface area contributed by atoms with Crippen molar-refractivity contribution in [1.29, 1.82) is 0 Å². The van der Waals surface area contributed by atoms with Crippen molar-refractivity contribution in [1.82, 2.24) is 9.80 Å². The fraction of sp³-hybridized carbons (Fsp3) is 0.600. The highest BCUT2D eigenvalue weighted by molar-refractivity contribution is 7.80. The van der Waals surface area contributed by atoms with E-state index in [1.165, 1.54) is 12.8 Å². The maximum absolute atomic E-state index is 12.1. The second-order valence-corrected chi connectivity index (χ2v) is 6.09. The molecule has 0 unspecified atom stereocenters. The van der Waals surface area contributed by atoms with Gasteiger partial charge in [0.05, 0.1) is 17.8 Å². The van der Waals surface area contributed by atoms with E-state index in [2.05, 4.69) is 4.90 Å². The minimum atomic E-state index is 0.136. The molecule has 1 amide bonds. The van der Waals surface area contributed by atoms with Crippen molar-refractivity contribution >= 4 is 23.1 Å². The van der Waals surface area contributed by atoms with Gasteiger partial charge in [-0.2, -0.15) is 0 Å². The van der Waals surface area contributed by atoms with Crippen LogP contribution >= 0.6 is 12.2 Å². The average Bonchev–Trinajstić information content (AvgIpc) is 3.17. The Morgan fingerprint density at radius 2 is 2.19 bits per heavy atom. The highest BCUT2D eigenvalue weighted by Crippen LogP contribution is 2.28. The third kappa shape index (κ3) is 5.47. The average molecular weight is 309 g/mol. The first-order valence-electron chi connectivity index (χ1n) is 7.35. The molecule has 6 heteroatoms. The molecule has 2 N–H and O–H groups in total. The summed E-state index contributed by atoms with van der Waals surface area (Å²) in [5.41, 5.74) is 5.46. The van der Waals surface area contributed by atoms with Crippen molar-refractivity contribution in [3.05, 3.63) is 24.2 Å². The number of hydrogen-bond acceptors (Lipinski definition) is 4. The molecule has 116 valence electrons. The van der Waals surface area contributed by atoms with Crippen LogP contribution in [0, 0.1) is 0 Å². The Kier molecular flexibility index (Phi) is 5.76. The van der Waals surface area contributed by atoms with Gasteiger partial charge in [0.1, 0.15) is 5.76 Å². The summed E-state index contributed by atoms with van der Waals surface area (Å²) < 4.78 is 5.40. The molecule has 0 radical (unpaired) electrons. The zero-order chi connectivity index (χ0) is 15.2. The quantitative estimate of drug-likeness (QED) is 0.704. The van der Waals surface area contributed by atoms with Crippen LogP contribution in [0.15, 0.2) is 22.8 Å². The largest absolute Gasteiger partial charge is 0.468 e. The van der Waals surface area contributed by atoms with Crippen molar-refractivity contribution in [3.8, 4) is 0 Å². The molecule has 1 aromatic heterocycles. The molecule has 0 aliphatic heterocycles. The van der Waals surface area contributed by atoms with E-state index in [-0.39, 0.29) is 5.91 Å². The lowest BCUT2D eigenvalue weighted by atomic mass is 10.3. The first-order valence-corrected chi connectivity index (χ1v) is 7.76. The zero-order valence-electron chi connectivity index (χ0n) is 12.5. The summed E-state index contributed by atoms with van der Waals surface area (Å²) >= 11 is 4.83. The van der Waals surface area contributed by atoms with Crippen LogP contribution in [-0.2, 0) is 11.3 Å². The highest BCUT2D eigenvalue weighted by Gasteiger charge is 2.29. The number of nitrogens with zero attached hydrogens (tertiary/aromatic N) is 2. The fourth-order valence-electron chi connectivity index (χ4n) is 2.27. The van der Waals surface area contributed by atoms with Gasteiger partial charge in [0.25, 0.3) is 0 Å². The van der Waals surface area contributed by atoms with Gasteiger partial charge >= 0.3 is 0 Å². The van der Waals surface area contributed by atoms with Gasteiger partial charge in [-0.05, 0) is 25.0 Å². The van der Waals surface area contributed by atoms with E-state index in [9.17, 15) is 4.79 Å². The molecule has 1 aromatic rings. The topological polar surface area (TPSA) is 62.7 Å².